The second-order valence-corrected chi connectivity index (χ2v) is 9.78. The van der Waals surface area contributed by atoms with Crippen LogP contribution in [0.1, 0.15) is 48.0 Å². The molecule has 2 aliphatic rings. The first-order valence-electron chi connectivity index (χ1n) is 10.2. The van der Waals surface area contributed by atoms with E-state index in [-0.39, 0.29) is 34.3 Å². The molecule has 1 fully saturated rings. The quantitative estimate of drug-likeness (QED) is 0.735. The maximum absolute atomic E-state index is 14.1. The first-order valence-corrected chi connectivity index (χ1v) is 11.6. The van der Waals surface area contributed by atoms with Gasteiger partial charge in [0.25, 0.3) is 5.91 Å². The highest BCUT2D eigenvalue weighted by Gasteiger charge is 2.32. The molecule has 0 unspecified atom stereocenters. The standard InChI is InChI=1S/C22H23FN2O5S/c1-14-11-18(26)22-19(8-7-17(23)21(14)22)30-13-20(27)24-15-5-4-6-16(12-15)31(28,29)25-9-2-3-10-25/h4-8,12,14H,2-3,9-11,13H2,1H3,(H,24,27)/t14-/m1/s1. The highest BCUT2D eigenvalue weighted by atomic mass is 32.2. The van der Waals surface area contributed by atoms with Gasteiger partial charge in [0.1, 0.15) is 11.6 Å². The lowest BCUT2D eigenvalue weighted by atomic mass is 10.0. The Morgan fingerprint density at radius 2 is 1.97 bits per heavy atom. The Balaban J connectivity index is 1.45. The molecule has 4 rings (SSSR count). The molecular weight excluding hydrogens is 423 g/mol. The number of benzene rings is 2. The van der Waals surface area contributed by atoms with Crippen molar-refractivity contribution in [3.05, 3.63) is 53.3 Å². The first-order chi connectivity index (χ1) is 14.8. The minimum absolute atomic E-state index is 0.115. The summed E-state index contributed by atoms with van der Waals surface area (Å²) in [5.41, 5.74) is 0.838. The van der Waals surface area contributed by atoms with E-state index in [0.29, 0.717) is 24.3 Å². The van der Waals surface area contributed by atoms with E-state index in [9.17, 15) is 22.4 Å². The third-order valence-electron chi connectivity index (χ3n) is 5.60. The van der Waals surface area contributed by atoms with Crippen LogP contribution >= 0.6 is 0 Å². The molecule has 2 aromatic rings. The SMILES string of the molecule is C[C@@H]1CC(=O)c2c(OCC(=O)Nc3cccc(S(=O)(=O)N4CCCC4)c3)ccc(F)c21. The van der Waals surface area contributed by atoms with Crippen LogP contribution in [0.5, 0.6) is 5.75 Å². The number of hydrogen-bond donors (Lipinski definition) is 1. The Morgan fingerprint density at radius 1 is 1.23 bits per heavy atom. The van der Waals surface area contributed by atoms with Gasteiger partial charge in [-0.1, -0.05) is 13.0 Å². The van der Waals surface area contributed by atoms with Gasteiger partial charge >= 0.3 is 0 Å². The second kappa shape index (κ2) is 8.39. The molecule has 1 aliphatic heterocycles. The van der Waals surface area contributed by atoms with Crippen molar-refractivity contribution >= 4 is 27.4 Å². The van der Waals surface area contributed by atoms with Crippen LogP contribution in [0.25, 0.3) is 0 Å². The molecule has 0 bridgehead atoms. The molecule has 0 spiro atoms. The fourth-order valence-electron chi connectivity index (χ4n) is 4.10. The Morgan fingerprint density at radius 3 is 2.71 bits per heavy atom. The second-order valence-electron chi connectivity index (χ2n) is 7.84. The predicted octanol–water partition coefficient (Wildman–Crippen LogP) is 3.32. The van der Waals surface area contributed by atoms with Crippen LogP contribution in [0.3, 0.4) is 0 Å². The Bertz CT molecular complexity index is 1140. The van der Waals surface area contributed by atoms with Crippen LogP contribution in [-0.4, -0.2) is 44.1 Å². The summed E-state index contributed by atoms with van der Waals surface area (Å²) in [7, 11) is -3.60. The number of Topliss-reactive ketones (excluding diaryl/α,β-unsaturated/α-hetero) is 1. The largest absolute Gasteiger partial charge is 0.483 e. The molecule has 7 nitrogen and oxygen atoms in total. The minimum Gasteiger partial charge on any atom is -0.483 e. The van der Waals surface area contributed by atoms with Gasteiger partial charge < -0.3 is 10.1 Å². The zero-order valence-corrected chi connectivity index (χ0v) is 17.9. The average Bonchev–Trinajstić information content (AvgIpc) is 3.37. The third kappa shape index (κ3) is 4.20. The van der Waals surface area contributed by atoms with Gasteiger partial charge in [0.2, 0.25) is 10.0 Å². The van der Waals surface area contributed by atoms with E-state index in [0.717, 1.165) is 12.8 Å². The van der Waals surface area contributed by atoms with Crippen LogP contribution in [-0.2, 0) is 14.8 Å². The predicted molar refractivity (Wildman–Crippen MR) is 112 cm³/mol. The third-order valence-corrected chi connectivity index (χ3v) is 7.49. The molecule has 0 saturated carbocycles. The number of halogens is 1. The number of rotatable bonds is 6. The van der Waals surface area contributed by atoms with Gasteiger partial charge in [0.05, 0.1) is 10.5 Å². The van der Waals surface area contributed by atoms with Crippen LogP contribution in [0.4, 0.5) is 10.1 Å². The van der Waals surface area contributed by atoms with E-state index in [1.165, 1.54) is 28.6 Å². The topological polar surface area (TPSA) is 92.8 Å². The lowest BCUT2D eigenvalue weighted by molar-refractivity contribution is -0.118. The molecule has 1 amide bonds. The fraction of sp³-hybridized carbons (Fsp3) is 0.364. The summed E-state index contributed by atoms with van der Waals surface area (Å²) >= 11 is 0. The molecule has 1 heterocycles. The summed E-state index contributed by atoms with van der Waals surface area (Å²) in [5.74, 6) is -1.25. The smallest absolute Gasteiger partial charge is 0.262 e. The summed E-state index contributed by atoms with van der Waals surface area (Å²) in [4.78, 5) is 24.7. The highest BCUT2D eigenvalue weighted by molar-refractivity contribution is 7.89. The number of fused-ring (bicyclic) bond motifs is 1. The molecule has 1 aliphatic carbocycles. The number of ketones is 1. The fourth-order valence-corrected chi connectivity index (χ4v) is 5.66. The molecule has 1 saturated heterocycles. The molecule has 2 aromatic carbocycles. The molecule has 0 radical (unpaired) electrons. The van der Waals surface area contributed by atoms with Crippen molar-refractivity contribution in [3.8, 4) is 5.75 Å². The zero-order chi connectivity index (χ0) is 22.2. The monoisotopic (exact) mass is 446 g/mol. The zero-order valence-electron chi connectivity index (χ0n) is 17.1. The van der Waals surface area contributed by atoms with Gasteiger partial charge in [-0.2, -0.15) is 4.31 Å². The lowest BCUT2D eigenvalue weighted by Gasteiger charge is -2.16. The van der Waals surface area contributed by atoms with Gasteiger partial charge in [-0.25, -0.2) is 12.8 Å². The summed E-state index contributed by atoms with van der Waals surface area (Å²) in [6.45, 7) is 2.35. The van der Waals surface area contributed by atoms with E-state index in [4.69, 9.17) is 4.74 Å². The van der Waals surface area contributed by atoms with Crippen molar-refractivity contribution in [2.45, 2.75) is 37.0 Å². The van der Waals surface area contributed by atoms with E-state index in [2.05, 4.69) is 5.32 Å². The van der Waals surface area contributed by atoms with E-state index in [1.807, 2.05) is 0 Å². The van der Waals surface area contributed by atoms with Gasteiger partial charge in [-0.3, -0.25) is 9.59 Å². The number of carbonyl (C=O) groups excluding carboxylic acids is 2. The van der Waals surface area contributed by atoms with E-state index < -0.39 is 28.4 Å². The number of anilines is 1. The van der Waals surface area contributed by atoms with Gasteiger partial charge in [0.15, 0.2) is 12.4 Å². The molecule has 1 N–H and O–H groups in total. The molecule has 1 atom stereocenters. The van der Waals surface area contributed by atoms with Crippen molar-refractivity contribution in [1.29, 1.82) is 0 Å². The number of ether oxygens (including phenoxy) is 1. The van der Waals surface area contributed by atoms with Gasteiger partial charge in [-0.15, -0.1) is 0 Å². The van der Waals surface area contributed by atoms with Crippen LogP contribution in [0.2, 0.25) is 0 Å². The number of nitrogens with zero attached hydrogens (tertiary/aromatic N) is 1. The Hall–Kier alpha value is -2.78. The average molecular weight is 447 g/mol. The number of nitrogens with one attached hydrogen (secondary N) is 1. The normalized spacial score (nSPS) is 18.8. The summed E-state index contributed by atoms with van der Waals surface area (Å²) in [6.07, 6.45) is 1.87. The summed E-state index contributed by atoms with van der Waals surface area (Å²) < 4.78 is 46.4. The maximum atomic E-state index is 14.1. The number of hydrogen-bond acceptors (Lipinski definition) is 5. The molecule has 164 valence electrons. The Kier molecular flexibility index (Phi) is 5.81. The van der Waals surface area contributed by atoms with Crippen LogP contribution in [0.15, 0.2) is 41.3 Å². The molecule has 9 heteroatoms. The van der Waals surface area contributed by atoms with Crippen molar-refractivity contribution < 1.29 is 27.1 Å². The lowest BCUT2D eigenvalue weighted by Crippen LogP contribution is -2.28. The van der Waals surface area contributed by atoms with Crippen molar-refractivity contribution in [1.82, 2.24) is 4.31 Å². The van der Waals surface area contributed by atoms with Gasteiger partial charge in [0, 0.05) is 30.8 Å². The van der Waals surface area contributed by atoms with Crippen molar-refractivity contribution in [3.63, 3.8) is 0 Å². The summed E-state index contributed by atoms with van der Waals surface area (Å²) in [5, 5.41) is 2.61. The highest BCUT2D eigenvalue weighted by Crippen LogP contribution is 2.39. The first kappa shape index (κ1) is 21.5. The number of sulfonamides is 1. The van der Waals surface area contributed by atoms with Crippen LogP contribution in [0, 0.1) is 5.82 Å². The Labute approximate surface area is 180 Å². The van der Waals surface area contributed by atoms with Crippen molar-refractivity contribution in [2.24, 2.45) is 0 Å². The van der Waals surface area contributed by atoms with Gasteiger partial charge in [-0.05, 0) is 49.1 Å². The van der Waals surface area contributed by atoms with Crippen molar-refractivity contribution in [2.75, 3.05) is 25.0 Å². The molecule has 0 aromatic heterocycles. The van der Waals surface area contributed by atoms with Crippen LogP contribution < -0.4 is 10.1 Å². The summed E-state index contributed by atoms with van der Waals surface area (Å²) in [6, 6.07) is 8.63. The molecular formula is C22H23FN2O5S. The minimum atomic E-state index is -3.60. The van der Waals surface area contributed by atoms with E-state index >= 15 is 0 Å². The molecule has 31 heavy (non-hydrogen) atoms. The number of amides is 1. The maximum Gasteiger partial charge on any atom is 0.262 e. The van der Waals surface area contributed by atoms with E-state index in [1.54, 1.807) is 19.1 Å². The number of carbonyl (C=O) groups is 2.